The summed E-state index contributed by atoms with van der Waals surface area (Å²) in [4.78, 5) is 15.3. The number of carboxylic acid groups (broad SMARTS) is 1. The highest BCUT2D eigenvalue weighted by molar-refractivity contribution is 7.13. The number of nitrogens with one attached hydrogen (secondary N) is 1. The van der Waals surface area contributed by atoms with Gasteiger partial charge in [-0.3, -0.25) is 4.79 Å². The molecular weight excluding hydrogens is 322 g/mol. The number of rotatable bonds is 4. The first-order valence-electron chi connectivity index (χ1n) is 5.83. The fourth-order valence-corrected chi connectivity index (χ4v) is 2.62. The van der Waals surface area contributed by atoms with Gasteiger partial charge in [0.2, 0.25) is 0 Å². The minimum Gasteiger partial charge on any atom is -0.481 e. The molecule has 0 saturated carbocycles. The molecule has 0 aliphatic carbocycles. The van der Waals surface area contributed by atoms with Gasteiger partial charge in [0.25, 0.3) is 0 Å². The second kappa shape index (κ2) is 5.57. The molecule has 0 unspecified atom stereocenters. The van der Waals surface area contributed by atoms with Crippen LogP contribution >= 0.6 is 22.9 Å². The van der Waals surface area contributed by atoms with Crippen LogP contribution in [0, 0.1) is 11.6 Å². The summed E-state index contributed by atoms with van der Waals surface area (Å²) in [5, 5.41) is 13.5. The Morgan fingerprint density at radius 1 is 1.43 bits per heavy atom. The van der Waals surface area contributed by atoms with Gasteiger partial charge in [-0.1, -0.05) is 11.6 Å². The number of anilines is 2. The maximum absolute atomic E-state index is 13.7. The van der Waals surface area contributed by atoms with E-state index in [9.17, 15) is 13.6 Å². The van der Waals surface area contributed by atoms with Crippen molar-refractivity contribution in [3.05, 3.63) is 39.9 Å². The van der Waals surface area contributed by atoms with Crippen molar-refractivity contribution in [2.24, 2.45) is 0 Å². The molecule has 0 spiro atoms. The number of benzene rings is 1. The van der Waals surface area contributed by atoms with Crippen LogP contribution in [-0.4, -0.2) is 16.1 Å². The Hall–Kier alpha value is -1.73. The molecule has 1 aromatic carbocycles. The van der Waals surface area contributed by atoms with Crippen LogP contribution in [0.15, 0.2) is 17.5 Å². The third kappa shape index (κ3) is 3.14. The van der Waals surface area contributed by atoms with Gasteiger partial charge in [0, 0.05) is 11.4 Å². The molecule has 0 fully saturated rings. The maximum atomic E-state index is 13.7. The van der Waals surface area contributed by atoms with Crippen molar-refractivity contribution in [2.45, 2.75) is 19.3 Å². The Labute approximate surface area is 128 Å². The number of nitrogens with zero attached hydrogens (tertiary/aromatic N) is 1. The monoisotopic (exact) mass is 332 g/mol. The highest BCUT2D eigenvalue weighted by Crippen LogP contribution is 2.33. The van der Waals surface area contributed by atoms with E-state index in [1.165, 1.54) is 13.8 Å². The molecule has 2 rings (SSSR count). The van der Waals surface area contributed by atoms with Gasteiger partial charge < -0.3 is 10.4 Å². The second-order valence-electron chi connectivity index (χ2n) is 4.84. The number of aromatic nitrogens is 1. The molecule has 0 saturated heterocycles. The number of aliphatic carboxylic acids is 1. The van der Waals surface area contributed by atoms with Crippen LogP contribution in [0.1, 0.15) is 19.5 Å². The highest BCUT2D eigenvalue weighted by atomic mass is 35.5. The van der Waals surface area contributed by atoms with E-state index in [0.29, 0.717) is 11.8 Å². The summed E-state index contributed by atoms with van der Waals surface area (Å²) in [7, 11) is 0. The predicted molar refractivity (Wildman–Crippen MR) is 77.4 cm³/mol. The molecule has 1 aromatic heterocycles. The van der Waals surface area contributed by atoms with Crippen molar-refractivity contribution >= 4 is 39.7 Å². The summed E-state index contributed by atoms with van der Waals surface area (Å²) in [5.74, 6) is -2.66. The molecule has 0 bridgehead atoms. The number of hydrogen-bond donors (Lipinski definition) is 2. The van der Waals surface area contributed by atoms with Crippen molar-refractivity contribution in [3.8, 4) is 0 Å². The molecule has 0 aliphatic rings. The number of hydrogen-bond acceptors (Lipinski definition) is 4. The quantitative estimate of drug-likeness (QED) is 0.881. The summed E-state index contributed by atoms with van der Waals surface area (Å²) in [5.41, 5.74) is -0.935. The van der Waals surface area contributed by atoms with Crippen molar-refractivity contribution in [1.29, 1.82) is 0 Å². The topological polar surface area (TPSA) is 62.2 Å². The zero-order valence-corrected chi connectivity index (χ0v) is 12.6. The van der Waals surface area contributed by atoms with E-state index < -0.39 is 23.0 Å². The Morgan fingerprint density at radius 2 is 2.10 bits per heavy atom. The molecule has 1 heterocycles. The van der Waals surface area contributed by atoms with Crippen LogP contribution in [-0.2, 0) is 10.2 Å². The molecule has 21 heavy (non-hydrogen) atoms. The molecule has 112 valence electrons. The van der Waals surface area contributed by atoms with Crippen molar-refractivity contribution in [2.75, 3.05) is 5.32 Å². The molecular formula is C13H11ClF2N2O2S. The summed E-state index contributed by atoms with van der Waals surface area (Å²) in [6, 6.07) is 1.67. The lowest BCUT2D eigenvalue weighted by Gasteiger charge is -2.15. The molecule has 2 N–H and O–H groups in total. The van der Waals surface area contributed by atoms with E-state index in [2.05, 4.69) is 10.3 Å². The van der Waals surface area contributed by atoms with E-state index in [1.807, 2.05) is 0 Å². The highest BCUT2D eigenvalue weighted by Gasteiger charge is 2.32. The maximum Gasteiger partial charge on any atom is 0.315 e. The molecule has 0 aliphatic heterocycles. The van der Waals surface area contributed by atoms with Gasteiger partial charge in [0.1, 0.15) is 11.2 Å². The fourth-order valence-electron chi connectivity index (χ4n) is 1.50. The first kappa shape index (κ1) is 15.7. The second-order valence-corrected chi connectivity index (χ2v) is 6.10. The Kier molecular flexibility index (Phi) is 4.15. The third-order valence-electron chi connectivity index (χ3n) is 2.92. The van der Waals surface area contributed by atoms with E-state index >= 15 is 0 Å². The number of carboxylic acids is 1. The third-order valence-corrected chi connectivity index (χ3v) is 3.97. The average Bonchev–Trinajstić information content (AvgIpc) is 2.82. The lowest BCUT2D eigenvalue weighted by atomic mass is 9.90. The first-order valence-corrected chi connectivity index (χ1v) is 7.08. The Morgan fingerprint density at radius 3 is 2.67 bits per heavy atom. The zero-order valence-electron chi connectivity index (χ0n) is 11.1. The van der Waals surface area contributed by atoms with E-state index in [1.54, 1.807) is 5.38 Å². The first-order chi connectivity index (χ1) is 9.71. The standard InChI is InChI=1S/C13H11ClF2N2O2S/c1-13(2,11(19)20)9-5-21-12(17-9)18-10-7(14)3-6(15)4-8(10)16/h3-5H,1-2H3,(H,17,18)(H,19,20). The van der Waals surface area contributed by atoms with Crippen LogP contribution in [0.2, 0.25) is 5.02 Å². The lowest BCUT2D eigenvalue weighted by molar-refractivity contribution is -0.142. The van der Waals surface area contributed by atoms with Crippen molar-refractivity contribution < 1.29 is 18.7 Å². The largest absolute Gasteiger partial charge is 0.481 e. The van der Waals surface area contributed by atoms with Crippen molar-refractivity contribution in [3.63, 3.8) is 0 Å². The molecule has 0 amide bonds. The van der Waals surface area contributed by atoms with Gasteiger partial charge in [0.05, 0.1) is 16.4 Å². The Balaban J connectivity index is 2.31. The van der Waals surface area contributed by atoms with Gasteiger partial charge in [-0.15, -0.1) is 11.3 Å². The van der Waals surface area contributed by atoms with Gasteiger partial charge in [-0.2, -0.15) is 0 Å². The van der Waals surface area contributed by atoms with Crippen LogP contribution in [0.25, 0.3) is 0 Å². The summed E-state index contributed by atoms with van der Waals surface area (Å²) < 4.78 is 26.6. The fraction of sp³-hybridized carbons (Fsp3) is 0.231. The smallest absolute Gasteiger partial charge is 0.315 e. The number of thiazole rings is 1. The van der Waals surface area contributed by atoms with Crippen LogP contribution < -0.4 is 5.32 Å². The predicted octanol–water partition coefficient (Wildman–Crippen LogP) is 4.18. The average molecular weight is 333 g/mol. The molecule has 4 nitrogen and oxygen atoms in total. The number of carbonyl (C=O) groups is 1. The molecule has 0 radical (unpaired) electrons. The van der Waals surface area contributed by atoms with Gasteiger partial charge in [-0.05, 0) is 19.9 Å². The van der Waals surface area contributed by atoms with Crippen LogP contribution in [0.5, 0.6) is 0 Å². The van der Waals surface area contributed by atoms with Crippen LogP contribution in [0.4, 0.5) is 19.6 Å². The van der Waals surface area contributed by atoms with Crippen LogP contribution in [0.3, 0.4) is 0 Å². The van der Waals surface area contributed by atoms with Crippen molar-refractivity contribution in [1.82, 2.24) is 4.98 Å². The lowest BCUT2D eigenvalue weighted by Crippen LogP contribution is -2.28. The summed E-state index contributed by atoms with van der Waals surface area (Å²) in [6.07, 6.45) is 0. The van der Waals surface area contributed by atoms with E-state index in [-0.39, 0.29) is 15.8 Å². The minimum atomic E-state index is -1.17. The minimum absolute atomic E-state index is 0.105. The van der Waals surface area contributed by atoms with E-state index in [0.717, 1.165) is 17.4 Å². The summed E-state index contributed by atoms with van der Waals surface area (Å²) in [6.45, 7) is 3.03. The zero-order chi connectivity index (χ0) is 15.8. The SMILES string of the molecule is CC(C)(C(=O)O)c1csc(Nc2c(F)cc(F)cc2Cl)n1. The molecule has 8 heteroatoms. The van der Waals surface area contributed by atoms with Gasteiger partial charge in [-0.25, -0.2) is 13.8 Å². The Bertz CT molecular complexity index is 680. The van der Waals surface area contributed by atoms with E-state index in [4.69, 9.17) is 16.7 Å². The molecule has 2 aromatic rings. The summed E-state index contributed by atoms with van der Waals surface area (Å²) >= 11 is 6.88. The normalized spacial score (nSPS) is 11.5. The van der Waals surface area contributed by atoms with Gasteiger partial charge >= 0.3 is 5.97 Å². The number of halogens is 3. The van der Waals surface area contributed by atoms with Gasteiger partial charge in [0.15, 0.2) is 10.9 Å². The molecule has 0 atom stereocenters.